The highest BCUT2D eigenvalue weighted by Crippen LogP contribution is 2.39. The fourth-order valence-electron chi connectivity index (χ4n) is 3.04. The molecule has 1 fully saturated rings. The van der Waals surface area contributed by atoms with Gasteiger partial charge in [-0.05, 0) is 24.7 Å². The van der Waals surface area contributed by atoms with Gasteiger partial charge in [0.1, 0.15) is 11.5 Å². The van der Waals surface area contributed by atoms with Crippen molar-refractivity contribution in [2.24, 2.45) is 0 Å². The minimum absolute atomic E-state index is 0.327. The third-order valence-electron chi connectivity index (χ3n) is 4.14. The molecule has 0 spiro atoms. The maximum Gasteiger partial charge on any atom is 0.145 e. The molecule has 1 saturated heterocycles. The molecule has 1 aliphatic heterocycles. The number of likely N-dealkylation sites (N-methyl/N-ethyl adjacent to an activating group) is 1. The Kier molecular flexibility index (Phi) is 4.20. The standard InChI is InChI=1S/C18H22N2O2/c1-19-12-17(14-7-5-4-6-8-14)20(13-19)16-10-9-15(21-2)11-18(16)22-3/h4-11,17H,12-13H2,1-3H3. The monoisotopic (exact) mass is 298 g/mol. The molecular weight excluding hydrogens is 276 g/mol. The Morgan fingerprint density at radius 2 is 1.77 bits per heavy atom. The second-order valence-corrected chi connectivity index (χ2v) is 5.61. The molecule has 1 atom stereocenters. The predicted molar refractivity (Wildman–Crippen MR) is 88.7 cm³/mol. The van der Waals surface area contributed by atoms with Crippen LogP contribution in [-0.2, 0) is 0 Å². The van der Waals surface area contributed by atoms with Gasteiger partial charge < -0.3 is 14.4 Å². The van der Waals surface area contributed by atoms with Gasteiger partial charge in [-0.1, -0.05) is 30.3 Å². The van der Waals surface area contributed by atoms with Crippen molar-refractivity contribution < 1.29 is 9.47 Å². The fraction of sp³-hybridized carbons (Fsp3) is 0.333. The SMILES string of the molecule is COc1ccc(N2CN(C)CC2c2ccccc2)c(OC)c1. The highest BCUT2D eigenvalue weighted by atomic mass is 16.5. The van der Waals surface area contributed by atoms with Gasteiger partial charge in [-0.15, -0.1) is 0 Å². The van der Waals surface area contributed by atoms with Crippen LogP contribution < -0.4 is 14.4 Å². The molecule has 22 heavy (non-hydrogen) atoms. The Hall–Kier alpha value is -2.20. The quantitative estimate of drug-likeness (QED) is 0.865. The van der Waals surface area contributed by atoms with Crippen LogP contribution in [0.25, 0.3) is 0 Å². The maximum atomic E-state index is 5.58. The molecule has 4 heteroatoms. The van der Waals surface area contributed by atoms with Gasteiger partial charge in [0.2, 0.25) is 0 Å². The molecule has 0 bridgehead atoms. The van der Waals surface area contributed by atoms with Gasteiger partial charge in [-0.25, -0.2) is 0 Å². The van der Waals surface area contributed by atoms with Crippen LogP contribution in [0.5, 0.6) is 11.5 Å². The van der Waals surface area contributed by atoms with Gasteiger partial charge in [-0.3, -0.25) is 4.90 Å². The average Bonchev–Trinajstić information content (AvgIpc) is 2.96. The highest BCUT2D eigenvalue weighted by molar-refractivity contribution is 5.63. The lowest BCUT2D eigenvalue weighted by atomic mass is 10.1. The van der Waals surface area contributed by atoms with E-state index in [2.05, 4.69) is 53.2 Å². The minimum Gasteiger partial charge on any atom is -0.497 e. The van der Waals surface area contributed by atoms with Gasteiger partial charge in [0.25, 0.3) is 0 Å². The molecule has 1 heterocycles. The van der Waals surface area contributed by atoms with Crippen LogP contribution in [0.2, 0.25) is 0 Å². The molecule has 2 aromatic carbocycles. The number of benzene rings is 2. The Morgan fingerprint density at radius 3 is 2.45 bits per heavy atom. The van der Waals surface area contributed by atoms with Crippen LogP contribution in [0, 0.1) is 0 Å². The highest BCUT2D eigenvalue weighted by Gasteiger charge is 2.31. The Morgan fingerprint density at radius 1 is 1.00 bits per heavy atom. The molecule has 0 amide bonds. The third-order valence-corrected chi connectivity index (χ3v) is 4.14. The van der Waals surface area contributed by atoms with Crippen LogP contribution in [-0.4, -0.2) is 39.4 Å². The average molecular weight is 298 g/mol. The van der Waals surface area contributed by atoms with E-state index >= 15 is 0 Å². The number of rotatable bonds is 4. The third kappa shape index (κ3) is 2.74. The maximum absolute atomic E-state index is 5.58. The molecule has 3 rings (SSSR count). The van der Waals surface area contributed by atoms with Crippen molar-refractivity contribution in [3.05, 3.63) is 54.1 Å². The fourth-order valence-corrected chi connectivity index (χ4v) is 3.04. The zero-order valence-electron chi connectivity index (χ0n) is 13.3. The van der Waals surface area contributed by atoms with Gasteiger partial charge in [0, 0.05) is 12.6 Å². The molecule has 116 valence electrons. The molecule has 0 aromatic heterocycles. The Bertz CT molecular complexity index is 630. The smallest absolute Gasteiger partial charge is 0.145 e. The molecule has 1 aliphatic rings. The number of nitrogens with zero attached hydrogens (tertiary/aromatic N) is 2. The van der Waals surface area contributed by atoms with E-state index in [1.54, 1.807) is 14.2 Å². The van der Waals surface area contributed by atoms with Crippen LogP contribution in [0.3, 0.4) is 0 Å². The summed E-state index contributed by atoms with van der Waals surface area (Å²) in [6.45, 7) is 1.88. The first-order chi connectivity index (χ1) is 10.7. The topological polar surface area (TPSA) is 24.9 Å². The van der Waals surface area contributed by atoms with E-state index in [0.29, 0.717) is 6.04 Å². The summed E-state index contributed by atoms with van der Waals surface area (Å²) in [7, 11) is 5.52. The Labute approximate surface area is 131 Å². The van der Waals surface area contributed by atoms with Crippen molar-refractivity contribution >= 4 is 5.69 Å². The van der Waals surface area contributed by atoms with Gasteiger partial charge in [0.15, 0.2) is 0 Å². The summed E-state index contributed by atoms with van der Waals surface area (Å²) < 4.78 is 10.9. The van der Waals surface area contributed by atoms with Crippen molar-refractivity contribution in [3.63, 3.8) is 0 Å². The summed E-state index contributed by atoms with van der Waals surface area (Å²) in [6.07, 6.45) is 0. The minimum atomic E-state index is 0.327. The number of methoxy groups -OCH3 is 2. The van der Waals surface area contributed by atoms with E-state index in [1.807, 2.05) is 12.1 Å². The van der Waals surface area contributed by atoms with Gasteiger partial charge in [-0.2, -0.15) is 0 Å². The molecular formula is C18H22N2O2. The number of ether oxygens (including phenoxy) is 2. The molecule has 0 aliphatic carbocycles. The molecule has 0 N–H and O–H groups in total. The van der Waals surface area contributed by atoms with Gasteiger partial charge >= 0.3 is 0 Å². The van der Waals surface area contributed by atoms with Crippen molar-refractivity contribution in [1.29, 1.82) is 0 Å². The molecule has 2 aromatic rings. The lowest BCUT2D eigenvalue weighted by Crippen LogP contribution is -2.25. The number of anilines is 1. The van der Waals surface area contributed by atoms with Crippen molar-refractivity contribution in [2.75, 3.05) is 39.4 Å². The molecule has 1 unspecified atom stereocenters. The summed E-state index contributed by atoms with van der Waals surface area (Å²) in [5.41, 5.74) is 2.42. The van der Waals surface area contributed by atoms with Crippen molar-refractivity contribution in [1.82, 2.24) is 4.90 Å². The number of hydrogen-bond donors (Lipinski definition) is 0. The first kappa shape index (κ1) is 14.7. The van der Waals surface area contributed by atoms with E-state index in [1.165, 1.54) is 5.56 Å². The van der Waals surface area contributed by atoms with Crippen LogP contribution in [0.15, 0.2) is 48.5 Å². The zero-order chi connectivity index (χ0) is 15.5. The summed E-state index contributed by atoms with van der Waals surface area (Å²) in [6, 6.07) is 16.9. The lowest BCUT2D eigenvalue weighted by Gasteiger charge is -2.27. The van der Waals surface area contributed by atoms with Crippen LogP contribution in [0.1, 0.15) is 11.6 Å². The van der Waals surface area contributed by atoms with E-state index in [0.717, 1.165) is 30.4 Å². The van der Waals surface area contributed by atoms with Crippen LogP contribution >= 0.6 is 0 Å². The van der Waals surface area contributed by atoms with Crippen LogP contribution in [0.4, 0.5) is 5.69 Å². The first-order valence-electron chi connectivity index (χ1n) is 7.45. The molecule has 0 radical (unpaired) electrons. The van der Waals surface area contributed by atoms with E-state index in [4.69, 9.17) is 9.47 Å². The normalized spacial score (nSPS) is 18.5. The predicted octanol–water partition coefficient (Wildman–Crippen LogP) is 3.15. The second-order valence-electron chi connectivity index (χ2n) is 5.61. The number of hydrogen-bond acceptors (Lipinski definition) is 4. The largest absolute Gasteiger partial charge is 0.497 e. The first-order valence-corrected chi connectivity index (χ1v) is 7.45. The van der Waals surface area contributed by atoms with E-state index in [9.17, 15) is 0 Å². The van der Waals surface area contributed by atoms with E-state index in [-0.39, 0.29) is 0 Å². The summed E-state index contributed by atoms with van der Waals surface area (Å²) >= 11 is 0. The second kappa shape index (κ2) is 6.28. The molecule has 4 nitrogen and oxygen atoms in total. The lowest BCUT2D eigenvalue weighted by molar-refractivity contribution is 0.392. The summed E-state index contributed by atoms with van der Waals surface area (Å²) in [5, 5.41) is 0. The van der Waals surface area contributed by atoms with E-state index < -0.39 is 0 Å². The van der Waals surface area contributed by atoms with Gasteiger partial charge in [0.05, 0.1) is 32.6 Å². The van der Waals surface area contributed by atoms with Crippen molar-refractivity contribution in [2.45, 2.75) is 6.04 Å². The summed E-state index contributed by atoms with van der Waals surface area (Å²) in [4.78, 5) is 4.70. The summed E-state index contributed by atoms with van der Waals surface area (Å²) in [5.74, 6) is 1.65. The van der Waals surface area contributed by atoms with Crippen molar-refractivity contribution in [3.8, 4) is 11.5 Å². The molecule has 0 saturated carbocycles. The zero-order valence-corrected chi connectivity index (χ0v) is 13.3. The Balaban J connectivity index is 1.98.